The first-order valence-electron chi connectivity index (χ1n) is 10.7. The van der Waals surface area contributed by atoms with Gasteiger partial charge in [-0.05, 0) is 79.0 Å². The molecular formula is C24H29Cl3N2O2. The van der Waals surface area contributed by atoms with E-state index in [-0.39, 0.29) is 30.3 Å². The predicted octanol–water partition coefficient (Wildman–Crippen LogP) is 5.31. The molecule has 168 valence electrons. The van der Waals surface area contributed by atoms with E-state index in [1.165, 1.54) is 24.0 Å². The first-order valence-corrected chi connectivity index (χ1v) is 11.5. The van der Waals surface area contributed by atoms with Crippen LogP contribution in [0.4, 0.5) is 0 Å². The summed E-state index contributed by atoms with van der Waals surface area (Å²) in [5.74, 6) is 1.74. The lowest BCUT2D eigenvalue weighted by Crippen LogP contribution is -2.34. The quantitative estimate of drug-likeness (QED) is 0.500. The Balaban J connectivity index is 0.00000272. The SMILES string of the molecule is Cl.NC1CCc2ccc(OCCNC(=O)CC3CC3)cc2C1Cc1ccc(Cl)c(Cl)c1. The van der Waals surface area contributed by atoms with Crippen LogP contribution in [0, 0.1) is 5.92 Å². The number of hydrogen-bond donors (Lipinski definition) is 2. The van der Waals surface area contributed by atoms with Crippen molar-refractivity contribution >= 4 is 41.5 Å². The molecule has 0 heterocycles. The number of aryl methyl sites for hydroxylation is 1. The number of amides is 1. The van der Waals surface area contributed by atoms with Gasteiger partial charge in [0, 0.05) is 18.4 Å². The van der Waals surface area contributed by atoms with Gasteiger partial charge >= 0.3 is 0 Å². The number of fused-ring (bicyclic) bond motifs is 1. The fourth-order valence-electron chi connectivity index (χ4n) is 4.19. The molecule has 2 aliphatic rings. The van der Waals surface area contributed by atoms with E-state index in [9.17, 15) is 4.79 Å². The highest BCUT2D eigenvalue weighted by atomic mass is 35.5. The molecular weight excluding hydrogens is 455 g/mol. The number of halogens is 3. The van der Waals surface area contributed by atoms with Crippen molar-refractivity contribution in [2.45, 2.75) is 50.5 Å². The maximum Gasteiger partial charge on any atom is 0.220 e. The molecule has 2 atom stereocenters. The maximum atomic E-state index is 11.8. The van der Waals surface area contributed by atoms with Crippen molar-refractivity contribution in [2.75, 3.05) is 13.2 Å². The van der Waals surface area contributed by atoms with Crippen LogP contribution in [-0.4, -0.2) is 25.1 Å². The fourth-order valence-corrected chi connectivity index (χ4v) is 4.51. The second-order valence-electron chi connectivity index (χ2n) is 8.47. The third-order valence-electron chi connectivity index (χ3n) is 6.08. The van der Waals surface area contributed by atoms with Gasteiger partial charge in [-0.25, -0.2) is 0 Å². The Morgan fingerprint density at radius 1 is 1.10 bits per heavy atom. The summed E-state index contributed by atoms with van der Waals surface area (Å²) in [6, 6.07) is 12.1. The normalized spacial score (nSPS) is 19.8. The highest BCUT2D eigenvalue weighted by Crippen LogP contribution is 2.36. The van der Waals surface area contributed by atoms with Crippen LogP contribution in [0.25, 0.3) is 0 Å². The summed E-state index contributed by atoms with van der Waals surface area (Å²) in [6.07, 6.45) is 5.77. The van der Waals surface area contributed by atoms with Crippen LogP contribution in [0.3, 0.4) is 0 Å². The lowest BCUT2D eigenvalue weighted by Gasteiger charge is -2.32. The van der Waals surface area contributed by atoms with Gasteiger partial charge in [0.05, 0.1) is 16.6 Å². The molecule has 31 heavy (non-hydrogen) atoms. The van der Waals surface area contributed by atoms with Crippen molar-refractivity contribution in [1.29, 1.82) is 0 Å². The van der Waals surface area contributed by atoms with Crippen molar-refractivity contribution in [1.82, 2.24) is 5.32 Å². The van der Waals surface area contributed by atoms with Crippen LogP contribution in [0.2, 0.25) is 10.0 Å². The van der Waals surface area contributed by atoms with Crippen molar-refractivity contribution in [3.63, 3.8) is 0 Å². The van der Waals surface area contributed by atoms with E-state index in [0.717, 1.165) is 30.6 Å². The molecule has 4 rings (SSSR count). The molecule has 0 aromatic heterocycles. The molecule has 1 saturated carbocycles. The second kappa shape index (κ2) is 10.9. The molecule has 0 radical (unpaired) electrons. The second-order valence-corrected chi connectivity index (χ2v) is 9.28. The molecule has 0 spiro atoms. The monoisotopic (exact) mass is 482 g/mol. The van der Waals surface area contributed by atoms with E-state index in [1.807, 2.05) is 24.3 Å². The number of ether oxygens (including phenoxy) is 1. The summed E-state index contributed by atoms with van der Waals surface area (Å²) < 4.78 is 5.92. The Labute approximate surface area is 200 Å². The zero-order valence-corrected chi connectivity index (χ0v) is 19.7. The first-order chi connectivity index (χ1) is 14.5. The standard InChI is InChI=1S/C24H28Cl2N2O2.ClH/c25-21-7-3-16(12-22(21)26)11-20-19-14-18(6-4-17(19)5-8-23(20)27)30-10-9-28-24(29)13-15-1-2-15;/h3-4,6-7,12,14-15,20,23H,1-2,5,8-11,13,27H2,(H,28,29);1H. The van der Waals surface area contributed by atoms with Crippen LogP contribution >= 0.6 is 35.6 Å². The van der Waals surface area contributed by atoms with E-state index in [4.69, 9.17) is 33.7 Å². The fraction of sp³-hybridized carbons (Fsp3) is 0.458. The van der Waals surface area contributed by atoms with Crippen LogP contribution < -0.4 is 15.8 Å². The lowest BCUT2D eigenvalue weighted by molar-refractivity contribution is -0.121. The summed E-state index contributed by atoms with van der Waals surface area (Å²) in [5, 5.41) is 4.07. The van der Waals surface area contributed by atoms with Gasteiger partial charge in [0.15, 0.2) is 0 Å². The number of hydrogen-bond acceptors (Lipinski definition) is 3. The number of nitrogens with two attached hydrogens (primary N) is 1. The largest absolute Gasteiger partial charge is 0.492 e. The van der Waals surface area contributed by atoms with E-state index in [1.54, 1.807) is 0 Å². The van der Waals surface area contributed by atoms with Gasteiger partial charge in [-0.15, -0.1) is 12.4 Å². The van der Waals surface area contributed by atoms with Crippen LogP contribution in [0.5, 0.6) is 5.75 Å². The molecule has 2 aromatic rings. The number of benzene rings is 2. The summed E-state index contributed by atoms with van der Waals surface area (Å²) in [6.45, 7) is 0.980. The Morgan fingerprint density at radius 2 is 1.90 bits per heavy atom. The molecule has 0 aliphatic heterocycles. The van der Waals surface area contributed by atoms with Crippen LogP contribution in [0.15, 0.2) is 36.4 Å². The van der Waals surface area contributed by atoms with Gasteiger partial charge in [-0.3, -0.25) is 4.79 Å². The van der Waals surface area contributed by atoms with Gasteiger partial charge in [0.25, 0.3) is 0 Å². The Kier molecular flexibility index (Phi) is 8.51. The Hall–Kier alpha value is -1.46. The summed E-state index contributed by atoms with van der Waals surface area (Å²) in [4.78, 5) is 11.8. The first kappa shape index (κ1) is 24.2. The minimum Gasteiger partial charge on any atom is -0.492 e. The topological polar surface area (TPSA) is 64.3 Å². The molecule has 1 amide bonds. The maximum absolute atomic E-state index is 11.8. The van der Waals surface area contributed by atoms with E-state index >= 15 is 0 Å². The highest BCUT2D eigenvalue weighted by Gasteiger charge is 2.28. The molecule has 2 aliphatic carbocycles. The van der Waals surface area contributed by atoms with Crippen molar-refractivity contribution < 1.29 is 9.53 Å². The highest BCUT2D eigenvalue weighted by molar-refractivity contribution is 6.42. The third-order valence-corrected chi connectivity index (χ3v) is 6.82. The summed E-state index contributed by atoms with van der Waals surface area (Å²) >= 11 is 12.3. The molecule has 3 N–H and O–H groups in total. The van der Waals surface area contributed by atoms with Gasteiger partial charge < -0.3 is 15.8 Å². The smallest absolute Gasteiger partial charge is 0.220 e. The lowest BCUT2D eigenvalue weighted by atomic mass is 9.76. The molecule has 2 aromatic carbocycles. The van der Waals surface area contributed by atoms with E-state index < -0.39 is 0 Å². The van der Waals surface area contributed by atoms with Gasteiger partial charge in [0.2, 0.25) is 5.91 Å². The average molecular weight is 484 g/mol. The predicted molar refractivity (Wildman–Crippen MR) is 129 cm³/mol. The molecule has 4 nitrogen and oxygen atoms in total. The molecule has 1 fully saturated rings. The minimum atomic E-state index is 0. The van der Waals surface area contributed by atoms with E-state index in [2.05, 4.69) is 17.4 Å². The van der Waals surface area contributed by atoms with Crippen molar-refractivity contribution in [3.05, 3.63) is 63.1 Å². The van der Waals surface area contributed by atoms with Gasteiger partial charge in [0.1, 0.15) is 12.4 Å². The zero-order chi connectivity index (χ0) is 21.1. The number of nitrogens with one attached hydrogen (secondary N) is 1. The van der Waals surface area contributed by atoms with Crippen molar-refractivity contribution in [3.8, 4) is 5.75 Å². The molecule has 7 heteroatoms. The number of carbonyl (C=O) groups is 1. The minimum absolute atomic E-state index is 0. The molecule has 2 unspecified atom stereocenters. The summed E-state index contributed by atoms with van der Waals surface area (Å²) in [5.41, 5.74) is 10.2. The zero-order valence-electron chi connectivity index (χ0n) is 17.4. The molecule has 0 bridgehead atoms. The van der Waals surface area contributed by atoms with Crippen molar-refractivity contribution in [2.24, 2.45) is 11.7 Å². The van der Waals surface area contributed by atoms with Gasteiger partial charge in [-0.2, -0.15) is 0 Å². The number of rotatable bonds is 8. The van der Waals surface area contributed by atoms with Crippen LogP contribution in [-0.2, 0) is 17.6 Å². The molecule has 0 saturated heterocycles. The average Bonchev–Trinajstić information content (AvgIpc) is 3.54. The summed E-state index contributed by atoms with van der Waals surface area (Å²) in [7, 11) is 0. The Morgan fingerprint density at radius 3 is 2.65 bits per heavy atom. The van der Waals surface area contributed by atoms with Gasteiger partial charge in [-0.1, -0.05) is 35.3 Å². The Bertz CT molecular complexity index is 918. The number of carbonyl (C=O) groups excluding carboxylic acids is 1. The third kappa shape index (κ3) is 6.52. The van der Waals surface area contributed by atoms with E-state index in [0.29, 0.717) is 35.5 Å². The van der Waals surface area contributed by atoms with Crippen LogP contribution in [0.1, 0.15) is 48.3 Å².